The fourth-order valence-corrected chi connectivity index (χ4v) is 3.83. The van der Waals surface area contributed by atoms with Gasteiger partial charge >= 0.3 is 0 Å². The Morgan fingerprint density at radius 1 is 1.32 bits per heavy atom. The molecule has 0 aliphatic carbocycles. The Hall–Kier alpha value is -2.37. The lowest BCUT2D eigenvalue weighted by molar-refractivity contribution is 0.0934. The average Bonchev–Trinajstić information content (AvgIpc) is 3.29. The number of carbonyl (C=O) groups is 1. The molecule has 0 saturated carbocycles. The maximum atomic E-state index is 12.1. The van der Waals surface area contributed by atoms with Gasteiger partial charge in [-0.05, 0) is 41.3 Å². The number of carbonyl (C=O) groups excluding carboxylic acids is 1. The molecule has 126 valence electrons. The molecule has 0 fully saturated rings. The molecule has 2 aromatic heterocycles. The van der Waals surface area contributed by atoms with Crippen LogP contribution >= 0.6 is 22.9 Å². The summed E-state index contributed by atoms with van der Waals surface area (Å²) in [7, 11) is 0. The Balaban J connectivity index is 1.51. The summed E-state index contributed by atoms with van der Waals surface area (Å²) in [6.07, 6.45) is 4.11. The number of halogens is 1. The smallest absolute Gasteiger partial charge is 0.252 e. The molecule has 4 rings (SSSR count). The first-order chi connectivity index (χ1) is 12.2. The quantitative estimate of drug-likeness (QED) is 0.748. The molecule has 1 aromatic carbocycles. The van der Waals surface area contributed by atoms with Gasteiger partial charge in [-0.25, -0.2) is 0 Å². The van der Waals surface area contributed by atoms with Crippen molar-refractivity contribution in [1.29, 1.82) is 0 Å². The van der Waals surface area contributed by atoms with Gasteiger partial charge in [0.25, 0.3) is 5.91 Å². The van der Waals surface area contributed by atoms with E-state index in [1.165, 1.54) is 11.3 Å². The van der Waals surface area contributed by atoms with E-state index >= 15 is 0 Å². The van der Waals surface area contributed by atoms with Crippen LogP contribution in [0.1, 0.15) is 15.9 Å². The second-order valence-electron chi connectivity index (χ2n) is 5.84. The van der Waals surface area contributed by atoms with Crippen LogP contribution in [0, 0.1) is 0 Å². The maximum Gasteiger partial charge on any atom is 0.252 e. The third-order valence-electron chi connectivity index (χ3n) is 4.13. The number of nitrogens with one attached hydrogen (secondary N) is 1. The van der Waals surface area contributed by atoms with Gasteiger partial charge in [0.05, 0.1) is 6.54 Å². The van der Waals surface area contributed by atoms with Crippen molar-refractivity contribution >= 4 is 28.8 Å². The summed E-state index contributed by atoms with van der Waals surface area (Å²) in [4.78, 5) is 16.1. The van der Waals surface area contributed by atoms with Crippen LogP contribution < -0.4 is 10.1 Å². The molecule has 1 aliphatic heterocycles. The molecule has 0 bridgehead atoms. The number of nitrogens with zero attached hydrogens (tertiary/aromatic N) is 1. The molecule has 3 aromatic rings. The third-order valence-corrected chi connectivity index (χ3v) is 5.03. The topological polar surface area (TPSA) is 51.2 Å². The van der Waals surface area contributed by atoms with Crippen molar-refractivity contribution in [3.8, 4) is 16.9 Å². The zero-order valence-electron chi connectivity index (χ0n) is 13.2. The van der Waals surface area contributed by atoms with Crippen molar-refractivity contribution in [1.82, 2.24) is 10.3 Å². The Bertz CT molecular complexity index is 897. The minimum absolute atomic E-state index is 0.0757. The van der Waals surface area contributed by atoms with E-state index in [1.807, 2.05) is 41.1 Å². The van der Waals surface area contributed by atoms with Crippen LogP contribution in [0.4, 0.5) is 0 Å². The average molecular weight is 371 g/mol. The van der Waals surface area contributed by atoms with Gasteiger partial charge in [0.15, 0.2) is 0 Å². The summed E-state index contributed by atoms with van der Waals surface area (Å²) < 4.78 is 6.12. The normalized spacial score (nSPS) is 15.5. The number of hydrogen-bond acceptors (Lipinski definition) is 4. The zero-order chi connectivity index (χ0) is 17.2. The van der Waals surface area contributed by atoms with E-state index < -0.39 is 0 Å². The predicted octanol–water partition coefficient (Wildman–Crippen LogP) is 4.20. The third kappa shape index (κ3) is 3.38. The highest BCUT2D eigenvalue weighted by atomic mass is 35.5. The first kappa shape index (κ1) is 16.1. The molecule has 1 N–H and O–H groups in total. The number of ether oxygens (including phenoxy) is 1. The molecule has 1 unspecified atom stereocenters. The van der Waals surface area contributed by atoms with Crippen LogP contribution in [-0.2, 0) is 6.42 Å². The summed E-state index contributed by atoms with van der Waals surface area (Å²) in [6.45, 7) is 0.455. The highest BCUT2D eigenvalue weighted by Gasteiger charge is 2.27. The van der Waals surface area contributed by atoms with Gasteiger partial charge in [0.2, 0.25) is 0 Å². The molecule has 3 heterocycles. The van der Waals surface area contributed by atoms with Crippen molar-refractivity contribution in [2.75, 3.05) is 6.54 Å². The minimum Gasteiger partial charge on any atom is -0.487 e. The number of thiophene rings is 1. The van der Waals surface area contributed by atoms with Crippen molar-refractivity contribution in [2.45, 2.75) is 12.5 Å². The van der Waals surface area contributed by atoms with Crippen LogP contribution in [0.25, 0.3) is 11.1 Å². The monoisotopic (exact) mass is 370 g/mol. The van der Waals surface area contributed by atoms with Gasteiger partial charge in [-0.2, -0.15) is 11.3 Å². The Kier molecular flexibility index (Phi) is 4.42. The Morgan fingerprint density at radius 3 is 2.92 bits per heavy atom. The largest absolute Gasteiger partial charge is 0.487 e. The van der Waals surface area contributed by atoms with E-state index in [-0.39, 0.29) is 12.0 Å². The van der Waals surface area contributed by atoms with Crippen LogP contribution in [0.15, 0.2) is 53.5 Å². The van der Waals surface area contributed by atoms with Crippen LogP contribution in [-0.4, -0.2) is 23.5 Å². The molecule has 0 saturated heterocycles. The SMILES string of the molecule is O=C(NCC1Cc2cc(Cl)cc(-c3ccncc3)c2O1)c1ccsc1. The molecule has 1 atom stereocenters. The van der Waals surface area contributed by atoms with Crippen molar-refractivity contribution in [3.63, 3.8) is 0 Å². The fourth-order valence-electron chi connectivity index (χ4n) is 2.96. The molecule has 1 amide bonds. The highest BCUT2D eigenvalue weighted by molar-refractivity contribution is 7.08. The summed E-state index contributed by atoms with van der Waals surface area (Å²) >= 11 is 7.79. The van der Waals surface area contributed by atoms with Gasteiger partial charge in [-0.15, -0.1) is 0 Å². The second-order valence-corrected chi connectivity index (χ2v) is 7.06. The predicted molar refractivity (Wildman–Crippen MR) is 99.5 cm³/mol. The van der Waals surface area contributed by atoms with Gasteiger partial charge in [-0.1, -0.05) is 11.6 Å². The molecule has 1 aliphatic rings. The van der Waals surface area contributed by atoms with E-state index in [1.54, 1.807) is 12.4 Å². The Morgan fingerprint density at radius 2 is 2.16 bits per heavy atom. The molecule has 4 nitrogen and oxygen atoms in total. The minimum atomic E-state index is -0.100. The first-order valence-electron chi connectivity index (χ1n) is 7.90. The fraction of sp³-hybridized carbons (Fsp3) is 0.158. The summed E-state index contributed by atoms with van der Waals surface area (Å²) in [6, 6.07) is 9.51. The van der Waals surface area contributed by atoms with Gasteiger partial charge in [0.1, 0.15) is 11.9 Å². The Labute approximate surface area is 154 Å². The maximum absolute atomic E-state index is 12.1. The number of hydrogen-bond donors (Lipinski definition) is 1. The van der Waals surface area contributed by atoms with Gasteiger partial charge in [0, 0.05) is 45.9 Å². The van der Waals surface area contributed by atoms with E-state index in [2.05, 4.69) is 10.3 Å². The standard InChI is InChI=1S/C19H15ClN2O2S/c20-15-7-14-8-16(10-22-19(23)13-3-6-25-11-13)24-18(14)17(9-15)12-1-4-21-5-2-12/h1-7,9,11,16H,8,10H2,(H,22,23). The van der Waals surface area contributed by atoms with E-state index in [9.17, 15) is 4.79 Å². The molecule has 0 spiro atoms. The van der Waals surface area contributed by atoms with E-state index in [0.717, 1.165) is 28.9 Å². The number of fused-ring (bicyclic) bond motifs is 1. The number of amides is 1. The number of pyridine rings is 1. The van der Waals surface area contributed by atoms with E-state index in [4.69, 9.17) is 16.3 Å². The summed E-state index contributed by atoms with van der Waals surface area (Å²) in [5.74, 6) is 0.763. The molecule has 25 heavy (non-hydrogen) atoms. The number of aromatic nitrogens is 1. The van der Waals surface area contributed by atoms with E-state index in [0.29, 0.717) is 17.1 Å². The molecule has 6 heteroatoms. The summed E-state index contributed by atoms with van der Waals surface area (Å²) in [5, 5.41) is 7.34. The number of benzene rings is 1. The van der Waals surface area contributed by atoms with Crippen LogP contribution in [0.5, 0.6) is 5.75 Å². The highest BCUT2D eigenvalue weighted by Crippen LogP contribution is 2.40. The van der Waals surface area contributed by atoms with Crippen molar-refractivity contribution < 1.29 is 9.53 Å². The second kappa shape index (κ2) is 6.86. The van der Waals surface area contributed by atoms with Crippen LogP contribution in [0.2, 0.25) is 5.02 Å². The van der Waals surface area contributed by atoms with Crippen LogP contribution in [0.3, 0.4) is 0 Å². The van der Waals surface area contributed by atoms with Gasteiger partial charge in [-0.3, -0.25) is 9.78 Å². The molecule has 0 radical (unpaired) electrons. The zero-order valence-corrected chi connectivity index (χ0v) is 14.8. The lowest BCUT2D eigenvalue weighted by Gasteiger charge is -2.13. The molecular formula is C19H15ClN2O2S. The van der Waals surface area contributed by atoms with Gasteiger partial charge < -0.3 is 10.1 Å². The summed E-state index contributed by atoms with van der Waals surface area (Å²) in [5.41, 5.74) is 3.71. The van der Waals surface area contributed by atoms with Crippen molar-refractivity contribution in [2.24, 2.45) is 0 Å². The first-order valence-corrected chi connectivity index (χ1v) is 9.22. The van der Waals surface area contributed by atoms with Crippen molar-refractivity contribution in [3.05, 3.63) is 69.6 Å². The molecular weight excluding hydrogens is 356 g/mol. The lowest BCUT2D eigenvalue weighted by atomic mass is 10.0. The lowest BCUT2D eigenvalue weighted by Crippen LogP contribution is -2.34. The number of rotatable bonds is 4.